The van der Waals surface area contributed by atoms with Gasteiger partial charge in [-0.25, -0.2) is 0 Å². The first kappa shape index (κ1) is 11.1. The molecule has 1 aromatic carbocycles. The Morgan fingerprint density at radius 2 is 2.19 bits per heavy atom. The van der Waals surface area contributed by atoms with Gasteiger partial charge in [-0.2, -0.15) is 5.26 Å². The van der Waals surface area contributed by atoms with Crippen LogP contribution < -0.4 is 0 Å². The minimum atomic E-state index is 0.00689. The van der Waals surface area contributed by atoms with E-state index < -0.39 is 0 Å². The Labute approximate surface area is 103 Å². The van der Waals surface area contributed by atoms with Crippen LogP contribution in [0.3, 0.4) is 0 Å². The number of aromatic nitrogens is 1. The van der Waals surface area contributed by atoms with Crippen LogP contribution in [0.25, 0.3) is 10.9 Å². The maximum absolute atomic E-state index is 8.78. The third-order valence-electron chi connectivity index (χ3n) is 2.46. The summed E-state index contributed by atoms with van der Waals surface area (Å²) in [4.78, 5) is 4.56. The zero-order chi connectivity index (χ0) is 11.5. The lowest BCUT2D eigenvalue weighted by Gasteiger charge is -2.05. The predicted octanol–water partition coefficient (Wildman–Crippen LogP) is 3.70. The Bertz CT molecular complexity index is 557. The normalized spacial score (nSPS) is 12.3. The summed E-state index contributed by atoms with van der Waals surface area (Å²) in [5.74, 6) is 0.00689. The summed E-state index contributed by atoms with van der Waals surface area (Å²) in [6.45, 7) is 1.91. The predicted molar refractivity (Wildman–Crippen MR) is 67.9 cm³/mol. The van der Waals surface area contributed by atoms with Crippen LogP contribution in [-0.2, 0) is 6.42 Å². The summed E-state index contributed by atoms with van der Waals surface area (Å²) in [6.07, 6.45) is 0.702. The van der Waals surface area contributed by atoms with Crippen LogP contribution in [0.15, 0.2) is 34.8 Å². The molecule has 1 unspecified atom stereocenters. The highest BCUT2D eigenvalue weighted by Crippen LogP contribution is 2.22. The number of fused-ring (bicyclic) bond motifs is 1. The largest absolute Gasteiger partial charge is 0.252 e. The van der Waals surface area contributed by atoms with Crippen LogP contribution in [-0.4, -0.2) is 4.98 Å². The van der Waals surface area contributed by atoms with Gasteiger partial charge in [0.05, 0.1) is 11.6 Å². The van der Waals surface area contributed by atoms with Crippen molar-refractivity contribution in [2.75, 3.05) is 0 Å². The molecule has 0 bridgehead atoms. The van der Waals surface area contributed by atoms with Gasteiger partial charge in [-0.05, 0) is 35.0 Å². The van der Waals surface area contributed by atoms with Gasteiger partial charge in [0.2, 0.25) is 0 Å². The van der Waals surface area contributed by atoms with Gasteiger partial charge in [-0.1, -0.05) is 18.2 Å². The molecule has 3 heteroatoms. The number of halogens is 1. The van der Waals surface area contributed by atoms with E-state index in [0.717, 1.165) is 21.1 Å². The van der Waals surface area contributed by atoms with E-state index >= 15 is 0 Å². The standard InChI is InChI=1S/C13H11BrN2/c1-9(8-15)7-11-6-5-10-3-2-4-12(14)13(10)16-11/h2-6,9H,7H2,1H3. The Morgan fingerprint density at radius 3 is 2.94 bits per heavy atom. The summed E-state index contributed by atoms with van der Waals surface area (Å²) >= 11 is 3.49. The highest BCUT2D eigenvalue weighted by Gasteiger charge is 2.05. The van der Waals surface area contributed by atoms with Crippen molar-refractivity contribution in [1.82, 2.24) is 4.98 Å². The first-order valence-corrected chi connectivity index (χ1v) is 5.94. The first-order valence-electron chi connectivity index (χ1n) is 5.14. The van der Waals surface area contributed by atoms with Gasteiger partial charge in [0.15, 0.2) is 0 Å². The van der Waals surface area contributed by atoms with Crippen LogP contribution >= 0.6 is 15.9 Å². The van der Waals surface area contributed by atoms with Gasteiger partial charge < -0.3 is 0 Å². The molecule has 0 amide bonds. The molecular formula is C13H11BrN2. The third-order valence-corrected chi connectivity index (χ3v) is 3.10. The van der Waals surface area contributed by atoms with Crippen molar-refractivity contribution in [2.45, 2.75) is 13.3 Å². The van der Waals surface area contributed by atoms with Crippen molar-refractivity contribution < 1.29 is 0 Å². The Hall–Kier alpha value is -1.40. The molecule has 1 heterocycles. The van der Waals surface area contributed by atoms with E-state index in [-0.39, 0.29) is 5.92 Å². The summed E-state index contributed by atoms with van der Waals surface area (Å²) in [7, 11) is 0. The molecule has 0 saturated heterocycles. The Kier molecular flexibility index (Phi) is 3.21. The van der Waals surface area contributed by atoms with Crippen LogP contribution in [0.5, 0.6) is 0 Å². The van der Waals surface area contributed by atoms with Crippen LogP contribution in [0.1, 0.15) is 12.6 Å². The molecule has 0 N–H and O–H groups in total. The average molecular weight is 275 g/mol. The molecular weight excluding hydrogens is 264 g/mol. The lowest BCUT2D eigenvalue weighted by Crippen LogP contribution is -1.99. The first-order chi connectivity index (χ1) is 7.70. The van der Waals surface area contributed by atoms with Gasteiger partial charge in [0.1, 0.15) is 0 Å². The average Bonchev–Trinajstić information content (AvgIpc) is 2.30. The fourth-order valence-corrected chi connectivity index (χ4v) is 2.09. The SMILES string of the molecule is CC(C#N)Cc1ccc2cccc(Br)c2n1. The monoisotopic (exact) mass is 274 g/mol. The lowest BCUT2D eigenvalue weighted by molar-refractivity contribution is 0.724. The highest BCUT2D eigenvalue weighted by atomic mass is 79.9. The molecule has 16 heavy (non-hydrogen) atoms. The quantitative estimate of drug-likeness (QED) is 0.837. The summed E-state index contributed by atoms with van der Waals surface area (Å²) < 4.78 is 0.997. The number of rotatable bonds is 2. The number of nitrogens with zero attached hydrogens (tertiary/aromatic N) is 2. The van der Waals surface area contributed by atoms with Gasteiger partial charge in [-0.3, -0.25) is 4.98 Å². The second kappa shape index (κ2) is 4.63. The van der Waals surface area contributed by atoms with Crippen molar-refractivity contribution in [2.24, 2.45) is 5.92 Å². The molecule has 2 aromatic rings. The number of benzene rings is 1. The molecule has 0 aliphatic carbocycles. The van der Waals surface area contributed by atoms with Gasteiger partial charge in [0, 0.05) is 27.9 Å². The van der Waals surface area contributed by atoms with Gasteiger partial charge in [0.25, 0.3) is 0 Å². The zero-order valence-corrected chi connectivity index (χ0v) is 10.5. The number of hydrogen-bond acceptors (Lipinski definition) is 2. The summed E-state index contributed by atoms with van der Waals surface area (Å²) in [5.41, 5.74) is 1.93. The fourth-order valence-electron chi connectivity index (χ4n) is 1.62. The van der Waals surface area contributed by atoms with Crippen molar-refractivity contribution in [1.29, 1.82) is 5.26 Å². The number of pyridine rings is 1. The number of hydrogen-bond donors (Lipinski definition) is 0. The van der Waals surface area contributed by atoms with E-state index in [4.69, 9.17) is 5.26 Å². The third kappa shape index (κ3) is 2.23. The van der Waals surface area contributed by atoms with E-state index in [9.17, 15) is 0 Å². The Balaban J connectivity index is 2.44. The topological polar surface area (TPSA) is 36.7 Å². The summed E-state index contributed by atoms with van der Waals surface area (Å²) in [6, 6.07) is 12.3. The molecule has 2 rings (SSSR count). The fraction of sp³-hybridized carbons (Fsp3) is 0.231. The molecule has 0 fully saturated rings. The number of para-hydroxylation sites is 1. The Morgan fingerprint density at radius 1 is 1.38 bits per heavy atom. The molecule has 0 saturated carbocycles. The molecule has 1 atom stereocenters. The zero-order valence-electron chi connectivity index (χ0n) is 8.94. The van der Waals surface area contributed by atoms with Crippen molar-refractivity contribution >= 4 is 26.8 Å². The minimum absolute atomic E-state index is 0.00689. The molecule has 80 valence electrons. The van der Waals surface area contributed by atoms with Crippen LogP contribution in [0.4, 0.5) is 0 Å². The van der Waals surface area contributed by atoms with E-state index in [1.165, 1.54) is 0 Å². The number of nitriles is 1. The van der Waals surface area contributed by atoms with Crippen LogP contribution in [0, 0.1) is 17.2 Å². The molecule has 0 aliphatic rings. The minimum Gasteiger partial charge on any atom is -0.252 e. The van der Waals surface area contributed by atoms with Crippen molar-refractivity contribution in [3.63, 3.8) is 0 Å². The summed E-state index contributed by atoms with van der Waals surface area (Å²) in [5, 5.41) is 9.89. The smallest absolute Gasteiger partial charge is 0.0847 e. The van der Waals surface area contributed by atoms with Crippen LogP contribution in [0.2, 0.25) is 0 Å². The van der Waals surface area contributed by atoms with E-state index in [1.54, 1.807) is 0 Å². The second-order valence-corrected chi connectivity index (χ2v) is 4.70. The van der Waals surface area contributed by atoms with Gasteiger partial charge >= 0.3 is 0 Å². The second-order valence-electron chi connectivity index (χ2n) is 3.85. The maximum Gasteiger partial charge on any atom is 0.0847 e. The lowest BCUT2D eigenvalue weighted by atomic mass is 10.1. The molecule has 1 aromatic heterocycles. The van der Waals surface area contributed by atoms with Crippen molar-refractivity contribution in [3.8, 4) is 6.07 Å². The molecule has 2 nitrogen and oxygen atoms in total. The molecule has 0 spiro atoms. The van der Waals surface area contributed by atoms with E-state index in [0.29, 0.717) is 6.42 Å². The van der Waals surface area contributed by atoms with E-state index in [2.05, 4.69) is 27.0 Å². The maximum atomic E-state index is 8.78. The van der Waals surface area contributed by atoms with E-state index in [1.807, 2.05) is 37.3 Å². The molecule has 0 aliphatic heterocycles. The van der Waals surface area contributed by atoms with Gasteiger partial charge in [-0.15, -0.1) is 0 Å². The van der Waals surface area contributed by atoms with Crippen molar-refractivity contribution in [3.05, 3.63) is 40.5 Å². The highest BCUT2D eigenvalue weighted by molar-refractivity contribution is 9.10. The molecule has 0 radical (unpaired) electrons.